The Hall–Kier alpha value is -2.92. The molecular formula is C18H21N7O. The SMILES string of the molecule is CN(CC#N)C1CCC(Oc2nc(-c3cnn(C)c3)cn3nccc23)C1. The van der Waals surface area contributed by atoms with Crippen LogP contribution in [-0.2, 0) is 7.05 Å². The summed E-state index contributed by atoms with van der Waals surface area (Å²) in [6.45, 7) is 0.443. The molecule has 3 heterocycles. The van der Waals surface area contributed by atoms with Crippen LogP contribution in [0.2, 0.25) is 0 Å². The van der Waals surface area contributed by atoms with Crippen LogP contribution in [0.25, 0.3) is 16.8 Å². The van der Waals surface area contributed by atoms with Crippen LogP contribution in [0.3, 0.4) is 0 Å². The van der Waals surface area contributed by atoms with Crippen LogP contribution in [0.1, 0.15) is 19.3 Å². The van der Waals surface area contributed by atoms with Gasteiger partial charge in [-0.1, -0.05) is 0 Å². The van der Waals surface area contributed by atoms with Gasteiger partial charge < -0.3 is 4.74 Å². The lowest BCUT2D eigenvalue weighted by Crippen LogP contribution is -2.30. The molecule has 0 bridgehead atoms. The number of hydrogen-bond acceptors (Lipinski definition) is 6. The van der Waals surface area contributed by atoms with Gasteiger partial charge in [-0.15, -0.1) is 0 Å². The normalized spacial score (nSPS) is 19.9. The molecule has 0 spiro atoms. The van der Waals surface area contributed by atoms with Crippen LogP contribution in [0.5, 0.6) is 5.88 Å². The molecule has 2 unspecified atom stereocenters. The quantitative estimate of drug-likeness (QED) is 0.653. The molecule has 3 aromatic rings. The summed E-state index contributed by atoms with van der Waals surface area (Å²) in [5, 5.41) is 17.4. The Kier molecular flexibility index (Phi) is 4.31. The van der Waals surface area contributed by atoms with E-state index in [0.717, 1.165) is 36.0 Å². The number of fused-ring (bicyclic) bond motifs is 1. The van der Waals surface area contributed by atoms with E-state index in [1.165, 1.54) is 0 Å². The minimum atomic E-state index is 0.0940. The first-order chi connectivity index (χ1) is 12.6. The fourth-order valence-corrected chi connectivity index (χ4v) is 3.50. The minimum absolute atomic E-state index is 0.0940. The van der Waals surface area contributed by atoms with E-state index in [-0.39, 0.29) is 6.10 Å². The standard InChI is InChI=1S/C18H21N7O/c1-23(8-6-19)14-3-4-15(9-14)26-18-17-5-7-20-25(17)12-16(22-18)13-10-21-24(2)11-13/h5,7,10-12,14-15H,3-4,8-9H2,1-2H3. The van der Waals surface area contributed by atoms with Crippen molar-refractivity contribution in [2.24, 2.45) is 7.05 Å². The lowest BCUT2D eigenvalue weighted by molar-refractivity contribution is 0.184. The monoisotopic (exact) mass is 351 g/mol. The molecule has 8 nitrogen and oxygen atoms in total. The van der Waals surface area contributed by atoms with Crippen LogP contribution >= 0.6 is 0 Å². The first-order valence-electron chi connectivity index (χ1n) is 8.71. The third-order valence-electron chi connectivity index (χ3n) is 4.94. The van der Waals surface area contributed by atoms with E-state index in [1.54, 1.807) is 21.6 Å². The first kappa shape index (κ1) is 16.5. The number of hydrogen-bond donors (Lipinski definition) is 0. The van der Waals surface area contributed by atoms with Gasteiger partial charge in [0, 0.05) is 24.8 Å². The zero-order valence-electron chi connectivity index (χ0n) is 14.9. The number of rotatable bonds is 5. The topological polar surface area (TPSA) is 84.3 Å². The molecule has 2 atom stereocenters. The van der Waals surface area contributed by atoms with E-state index < -0.39 is 0 Å². The van der Waals surface area contributed by atoms with Crippen LogP contribution in [0.4, 0.5) is 0 Å². The Morgan fingerprint density at radius 1 is 1.35 bits per heavy atom. The average Bonchev–Trinajstić information content (AvgIpc) is 3.35. The van der Waals surface area contributed by atoms with Gasteiger partial charge in [0.1, 0.15) is 11.6 Å². The van der Waals surface area contributed by atoms with Crippen molar-refractivity contribution in [3.63, 3.8) is 0 Å². The van der Waals surface area contributed by atoms with Crippen LogP contribution < -0.4 is 4.74 Å². The molecule has 0 radical (unpaired) electrons. The smallest absolute Gasteiger partial charge is 0.240 e. The molecular weight excluding hydrogens is 330 g/mol. The molecule has 1 saturated carbocycles. The Balaban J connectivity index is 1.58. The molecule has 0 aliphatic heterocycles. The number of nitrogens with zero attached hydrogens (tertiary/aromatic N) is 7. The first-order valence-corrected chi connectivity index (χ1v) is 8.71. The van der Waals surface area contributed by atoms with Crippen molar-refractivity contribution in [3.05, 3.63) is 30.9 Å². The number of ether oxygens (including phenoxy) is 1. The maximum Gasteiger partial charge on any atom is 0.240 e. The maximum absolute atomic E-state index is 8.88. The highest BCUT2D eigenvalue weighted by atomic mass is 16.5. The Morgan fingerprint density at radius 3 is 3.00 bits per heavy atom. The fraction of sp³-hybridized carbons (Fsp3) is 0.444. The lowest BCUT2D eigenvalue weighted by Gasteiger charge is -2.21. The second-order valence-electron chi connectivity index (χ2n) is 6.77. The summed E-state index contributed by atoms with van der Waals surface area (Å²) in [5.74, 6) is 0.595. The Morgan fingerprint density at radius 2 is 2.23 bits per heavy atom. The summed E-state index contributed by atoms with van der Waals surface area (Å²) in [6.07, 6.45) is 10.3. The third-order valence-corrected chi connectivity index (χ3v) is 4.94. The van der Waals surface area contributed by atoms with E-state index in [9.17, 15) is 0 Å². The molecule has 1 aliphatic carbocycles. The van der Waals surface area contributed by atoms with Gasteiger partial charge in [0.25, 0.3) is 0 Å². The van der Waals surface area contributed by atoms with Gasteiger partial charge in [0.05, 0.1) is 36.9 Å². The van der Waals surface area contributed by atoms with Gasteiger partial charge in [0.2, 0.25) is 5.88 Å². The predicted octanol–water partition coefficient (Wildman–Crippen LogP) is 1.89. The molecule has 1 fully saturated rings. The summed E-state index contributed by atoms with van der Waals surface area (Å²) in [4.78, 5) is 6.82. The highest BCUT2D eigenvalue weighted by molar-refractivity contribution is 5.63. The number of nitriles is 1. The fourth-order valence-electron chi connectivity index (χ4n) is 3.50. The van der Waals surface area contributed by atoms with Crippen molar-refractivity contribution in [1.82, 2.24) is 29.3 Å². The minimum Gasteiger partial charge on any atom is -0.473 e. The van der Waals surface area contributed by atoms with E-state index in [0.29, 0.717) is 18.5 Å². The average molecular weight is 351 g/mol. The summed E-state index contributed by atoms with van der Waals surface area (Å²) in [5.41, 5.74) is 2.56. The lowest BCUT2D eigenvalue weighted by atomic mass is 10.2. The molecule has 1 aliphatic rings. The van der Waals surface area contributed by atoms with Crippen molar-refractivity contribution in [2.45, 2.75) is 31.4 Å². The zero-order chi connectivity index (χ0) is 18.1. The van der Waals surface area contributed by atoms with Crippen molar-refractivity contribution < 1.29 is 4.74 Å². The van der Waals surface area contributed by atoms with E-state index in [4.69, 9.17) is 15.0 Å². The van der Waals surface area contributed by atoms with Crippen molar-refractivity contribution >= 4 is 5.52 Å². The van der Waals surface area contributed by atoms with E-state index in [2.05, 4.69) is 21.2 Å². The molecule has 3 aromatic heterocycles. The number of aromatic nitrogens is 5. The zero-order valence-corrected chi connectivity index (χ0v) is 14.9. The van der Waals surface area contributed by atoms with Gasteiger partial charge in [0.15, 0.2) is 0 Å². The summed E-state index contributed by atoms with van der Waals surface area (Å²) in [6, 6.07) is 4.49. The van der Waals surface area contributed by atoms with Gasteiger partial charge in [-0.2, -0.15) is 15.5 Å². The van der Waals surface area contributed by atoms with Crippen LogP contribution in [0.15, 0.2) is 30.9 Å². The summed E-state index contributed by atoms with van der Waals surface area (Å²) >= 11 is 0. The molecule has 0 saturated heterocycles. The van der Waals surface area contributed by atoms with E-state index >= 15 is 0 Å². The summed E-state index contributed by atoms with van der Waals surface area (Å²) in [7, 11) is 3.87. The predicted molar refractivity (Wildman–Crippen MR) is 95.5 cm³/mol. The van der Waals surface area contributed by atoms with Crippen LogP contribution in [-0.4, -0.2) is 55.0 Å². The second-order valence-corrected chi connectivity index (χ2v) is 6.77. The number of aryl methyl sites for hydroxylation is 1. The Bertz CT molecular complexity index is 954. The molecule has 0 N–H and O–H groups in total. The third kappa shape index (κ3) is 3.13. The molecule has 8 heteroatoms. The molecule has 0 aromatic carbocycles. The maximum atomic E-state index is 8.88. The second kappa shape index (κ2) is 6.77. The highest BCUT2D eigenvalue weighted by Crippen LogP contribution is 2.30. The van der Waals surface area contributed by atoms with E-state index in [1.807, 2.05) is 32.6 Å². The van der Waals surface area contributed by atoms with Crippen molar-refractivity contribution in [1.29, 1.82) is 5.26 Å². The molecule has 4 rings (SSSR count). The van der Waals surface area contributed by atoms with Gasteiger partial charge in [-0.25, -0.2) is 9.50 Å². The van der Waals surface area contributed by atoms with Gasteiger partial charge >= 0.3 is 0 Å². The highest BCUT2D eigenvalue weighted by Gasteiger charge is 2.29. The Labute approximate surface area is 151 Å². The van der Waals surface area contributed by atoms with Crippen molar-refractivity contribution in [3.8, 4) is 23.2 Å². The largest absolute Gasteiger partial charge is 0.473 e. The molecule has 0 amide bonds. The van der Waals surface area contributed by atoms with Gasteiger partial charge in [-0.3, -0.25) is 9.58 Å². The van der Waals surface area contributed by atoms with Crippen LogP contribution in [0, 0.1) is 11.3 Å². The molecule has 26 heavy (non-hydrogen) atoms. The van der Waals surface area contributed by atoms with Gasteiger partial charge in [-0.05, 0) is 32.4 Å². The van der Waals surface area contributed by atoms with Crippen molar-refractivity contribution in [2.75, 3.05) is 13.6 Å². The molecule has 134 valence electrons. The summed E-state index contributed by atoms with van der Waals surface area (Å²) < 4.78 is 9.80.